The summed E-state index contributed by atoms with van der Waals surface area (Å²) in [6.07, 6.45) is 2.11. The van der Waals surface area contributed by atoms with Crippen LogP contribution in [0.5, 0.6) is 11.5 Å². The Morgan fingerprint density at radius 1 is 1.09 bits per heavy atom. The SMILES string of the molecule is COC(=O)C1=Cc2cc(Br)ccc2OC12C[C@H](Nc1nc3ccccc3s1)c1cc(Br)ccc1O2. The van der Waals surface area contributed by atoms with Crippen LogP contribution in [0.25, 0.3) is 16.3 Å². The molecule has 0 amide bonds. The predicted octanol–water partition coefficient (Wildman–Crippen LogP) is 7.10. The normalized spacial score (nSPS) is 20.3. The van der Waals surface area contributed by atoms with Crippen molar-refractivity contribution in [1.82, 2.24) is 4.98 Å². The van der Waals surface area contributed by atoms with E-state index in [-0.39, 0.29) is 6.04 Å². The molecule has 6 nitrogen and oxygen atoms in total. The van der Waals surface area contributed by atoms with E-state index < -0.39 is 11.8 Å². The van der Waals surface area contributed by atoms with Gasteiger partial charge in [-0.05, 0) is 54.6 Å². The van der Waals surface area contributed by atoms with Gasteiger partial charge in [0.25, 0.3) is 5.79 Å². The molecule has 176 valence electrons. The summed E-state index contributed by atoms with van der Waals surface area (Å²) in [5, 5.41) is 4.36. The highest BCUT2D eigenvalue weighted by Gasteiger charge is 2.51. The number of hydrogen-bond acceptors (Lipinski definition) is 7. The van der Waals surface area contributed by atoms with Crippen molar-refractivity contribution < 1.29 is 19.0 Å². The molecular weight excluding hydrogens is 596 g/mol. The van der Waals surface area contributed by atoms with Crippen molar-refractivity contribution in [3.8, 4) is 11.5 Å². The van der Waals surface area contributed by atoms with Crippen molar-refractivity contribution in [1.29, 1.82) is 0 Å². The van der Waals surface area contributed by atoms with Gasteiger partial charge in [0.05, 0.1) is 29.8 Å². The van der Waals surface area contributed by atoms with Gasteiger partial charge in [-0.2, -0.15) is 0 Å². The third-order valence-electron chi connectivity index (χ3n) is 6.05. The number of para-hydroxylation sites is 1. The lowest BCUT2D eigenvalue weighted by atomic mass is 9.87. The van der Waals surface area contributed by atoms with E-state index in [1.54, 1.807) is 17.4 Å². The zero-order valence-electron chi connectivity index (χ0n) is 18.4. The van der Waals surface area contributed by atoms with Gasteiger partial charge < -0.3 is 19.5 Å². The van der Waals surface area contributed by atoms with Crippen LogP contribution in [0.4, 0.5) is 5.13 Å². The van der Waals surface area contributed by atoms with Crippen molar-refractivity contribution in [3.63, 3.8) is 0 Å². The molecule has 3 aromatic carbocycles. The van der Waals surface area contributed by atoms with E-state index in [1.807, 2.05) is 60.7 Å². The highest BCUT2D eigenvalue weighted by Crippen LogP contribution is 2.49. The first-order valence-corrected chi connectivity index (χ1v) is 13.2. The molecule has 1 unspecified atom stereocenters. The van der Waals surface area contributed by atoms with Crippen LogP contribution in [0.2, 0.25) is 0 Å². The first-order chi connectivity index (χ1) is 16.9. The molecule has 0 fully saturated rings. The van der Waals surface area contributed by atoms with Crippen molar-refractivity contribution in [2.45, 2.75) is 18.2 Å². The maximum Gasteiger partial charge on any atom is 0.341 e. The zero-order valence-corrected chi connectivity index (χ0v) is 22.4. The Kier molecular flexibility index (Phi) is 5.58. The molecule has 1 N–H and O–H groups in total. The van der Waals surface area contributed by atoms with E-state index in [2.05, 4.69) is 37.2 Å². The van der Waals surface area contributed by atoms with Crippen LogP contribution in [-0.4, -0.2) is 23.9 Å². The molecule has 0 saturated carbocycles. The largest absolute Gasteiger partial charge is 0.465 e. The molecule has 2 aliphatic heterocycles. The predicted molar refractivity (Wildman–Crippen MR) is 143 cm³/mol. The Labute approximate surface area is 222 Å². The molecule has 6 rings (SSSR count). The number of ether oxygens (including phenoxy) is 3. The maximum absolute atomic E-state index is 13.0. The molecule has 1 aromatic heterocycles. The Morgan fingerprint density at radius 2 is 1.83 bits per heavy atom. The van der Waals surface area contributed by atoms with Gasteiger partial charge in [-0.3, -0.25) is 0 Å². The Balaban J connectivity index is 1.47. The molecule has 0 radical (unpaired) electrons. The van der Waals surface area contributed by atoms with Crippen molar-refractivity contribution >= 4 is 70.6 Å². The molecule has 35 heavy (non-hydrogen) atoms. The van der Waals surface area contributed by atoms with Crippen molar-refractivity contribution in [3.05, 3.63) is 86.3 Å². The van der Waals surface area contributed by atoms with Crippen LogP contribution in [0.3, 0.4) is 0 Å². The number of benzene rings is 3. The first-order valence-electron chi connectivity index (χ1n) is 10.8. The van der Waals surface area contributed by atoms with Gasteiger partial charge in [0.15, 0.2) is 5.13 Å². The standard InChI is InChI=1S/C26H18Br2N2O4S/c1-32-24(31)18-11-14-10-15(27)6-8-21(14)33-26(18)13-20(17-12-16(28)7-9-22(17)34-26)30-25-29-19-4-2-3-5-23(19)35-25/h2-12,20H,13H2,1H3,(H,29,30)/t20-,26?/m0/s1. The van der Waals surface area contributed by atoms with E-state index in [4.69, 9.17) is 19.2 Å². The monoisotopic (exact) mass is 612 g/mol. The van der Waals surface area contributed by atoms with Crippen LogP contribution >= 0.6 is 43.2 Å². The number of halogens is 2. The van der Waals surface area contributed by atoms with Crippen molar-refractivity contribution in [2.75, 3.05) is 12.4 Å². The molecule has 4 aromatic rings. The van der Waals surface area contributed by atoms with Crippen LogP contribution in [0.1, 0.15) is 23.6 Å². The van der Waals surface area contributed by atoms with E-state index in [9.17, 15) is 4.79 Å². The molecule has 9 heteroatoms. The summed E-state index contributed by atoms with van der Waals surface area (Å²) in [5.74, 6) is -0.633. The van der Waals surface area contributed by atoms with Gasteiger partial charge in [-0.15, -0.1) is 0 Å². The minimum atomic E-state index is -1.37. The smallest absolute Gasteiger partial charge is 0.341 e. The molecule has 1 spiro atoms. The number of fused-ring (bicyclic) bond motifs is 3. The molecule has 0 saturated heterocycles. The van der Waals surface area contributed by atoms with Gasteiger partial charge in [0.2, 0.25) is 0 Å². The molecule has 3 heterocycles. The lowest BCUT2D eigenvalue weighted by Crippen LogP contribution is -2.52. The number of carbonyl (C=O) groups excluding carboxylic acids is 1. The third kappa shape index (κ3) is 4.01. The molecule has 2 atom stereocenters. The van der Waals surface area contributed by atoms with Gasteiger partial charge in [0.1, 0.15) is 17.1 Å². The summed E-state index contributed by atoms with van der Waals surface area (Å²) < 4.78 is 21.0. The van der Waals surface area contributed by atoms with E-state index in [1.165, 1.54) is 7.11 Å². The van der Waals surface area contributed by atoms with Crippen LogP contribution in [0, 0.1) is 0 Å². The number of carbonyl (C=O) groups is 1. The molecular formula is C26H18Br2N2O4S. The number of thiazole rings is 1. The third-order valence-corrected chi connectivity index (χ3v) is 8.00. The fraction of sp³-hybridized carbons (Fsp3) is 0.154. The average Bonchev–Trinajstić information content (AvgIpc) is 3.26. The summed E-state index contributed by atoms with van der Waals surface area (Å²) in [5.41, 5.74) is 2.94. The topological polar surface area (TPSA) is 69.7 Å². The number of anilines is 1. The highest BCUT2D eigenvalue weighted by atomic mass is 79.9. The van der Waals surface area contributed by atoms with Crippen molar-refractivity contribution in [2.24, 2.45) is 0 Å². The van der Waals surface area contributed by atoms with Gasteiger partial charge in [0, 0.05) is 20.1 Å². The van der Waals surface area contributed by atoms with Gasteiger partial charge in [-0.25, -0.2) is 9.78 Å². The number of nitrogens with zero attached hydrogens (tertiary/aromatic N) is 1. The summed E-state index contributed by atoms with van der Waals surface area (Å²) in [6, 6.07) is 19.2. The lowest BCUT2D eigenvalue weighted by Gasteiger charge is -2.44. The molecule has 0 aliphatic carbocycles. The maximum atomic E-state index is 13.0. The fourth-order valence-corrected chi connectivity index (χ4v) is 6.15. The second-order valence-electron chi connectivity index (χ2n) is 8.26. The van der Waals surface area contributed by atoms with Crippen LogP contribution in [0.15, 0.2) is 75.2 Å². The van der Waals surface area contributed by atoms with E-state index in [0.717, 1.165) is 35.4 Å². The highest BCUT2D eigenvalue weighted by molar-refractivity contribution is 9.10. The summed E-state index contributed by atoms with van der Waals surface area (Å²) in [4.78, 5) is 17.7. The quantitative estimate of drug-likeness (QED) is 0.249. The first kappa shape index (κ1) is 22.6. The Hall–Kier alpha value is -2.88. The Morgan fingerprint density at radius 3 is 2.63 bits per heavy atom. The zero-order chi connectivity index (χ0) is 24.2. The second kappa shape index (κ2) is 8.65. The average molecular weight is 614 g/mol. The second-order valence-corrected chi connectivity index (χ2v) is 11.1. The van der Waals surface area contributed by atoms with E-state index >= 15 is 0 Å². The Bertz CT molecular complexity index is 1490. The number of rotatable bonds is 3. The van der Waals surface area contributed by atoms with E-state index in [0.29, 0.717) is 23.5 Å². The summed E-state index contributed by atoms with van der Waals surface area (Å²) in [7, 11) is 1.36. The lowest BCUT2D eigenvalue weighted by molar-refractivity contribution is -0.148. The summed E-state index contributed by atoms with van der Waals surface area (Å²) >= 11 is 8.64. The molecule has 2 aliphatic rings. The van der Waals surface area contributed by atoms with Gasteiger partial charge >= 0.3 is 5.97 Å². The minimum Gasteiger partial charge on any atom is -0.465 e. The number of esters is 1. The number of methoxy groups -OCH3 is 1. The fourth-order valence-electron chi connectivity index (χ4n) is 4.47. The minimum absolute atomic E-state index is 0.248. The van der Waals surface area contributed by atoms with Crippen LogP contribution in [-0.2, 0) is 9.53 Å². The van der Waals surface area contributed by atoms with Gasteiger partial charge in [-0.1, -0.05) is 55.3 Å². The number of aromatic nitrogens is 1. The molecule has 0 bridgehead atoms. The van der Waals surface area contributed by atoms with Crippen LogP contribution < -0.4 is 14.8 Å². The summed E-state index contributed by atoms with van der Waals surface area (Å²) in [6.45, 7) is 0. The number of hydrogen-bond donors (Lipinski definition) is 1. The number of nitrogens with one attached hydrogen (secondary N) is 1.